The van der Waals surface area contributed by atoms with Gasteiger partial charge in [0.05, 0.1) is 12.7 Å². The van der Waals surface area contributed by atoms with Crippen molar-refractivity contribution in [3.05, 3.63) is 0 Å². The number of aliphatic hydroxyl groups is 1. The first-order valence-corrected chi connectivity index (χ1v) is 5.19. The van der Waals surface area contributed by atoms with E-state index in [1.807, 2.05) is 13.8 Å². The second kappa shape index (κ2) is 3.45. The summed E-state index contributed by atoms with van der Waals surface area (Å²) in [6.45, 7) is 5.84. The molecule has 4 heteroatoms. The number of hydrogen-bond acceptors (Lipinski definition) is 4. The van der Waals surface area contributed by atoms with Gasteiger partial charge in [0.2, 0.25) is 0 Å². The number of hydrogen-bond donors (Lipinski definition) is 1. The van der Waals surface area contributed by atoms with Crippen LogP contribution in [-0.2, 0) is 14.2 Å². The predicted molar refractivity (Wildman–Crippen MR) is 49.9 cm³/mol. The van der Waals surface area contributed by atoms with Crippen molar-refractivity contribution >= 4 is 0 Å². The molecule has 0 aromatic carbocycles. The van der Waals surface area contributed by atoms with E-state index >= 15 is 0 Å². The van der Waals surface area contributed by atoms with Gasteiger partial charge in [0.25, 0.3) is 0 Å². The van der Waals surface area contributed by atoms with Gasteiger partial charge in [-0.15, -0.1) is 0 Å². The Balaban J connectivity index is 2.12. The summed E-state index contributed by atoms with van der Waals surface area (Å²) in [7, 11) is 0. The molecule has 0 radical (unpaired) electrons. The van der Waals surface area contributed by atoms with Crippen LogP contribution in [-0.4, -0.2) is 41.9 Å². The molecular formula is C10H18O4. The number of aliphatic hydroxyl groups excluding tert-OH is 1. The fraction of sp³-hybridized carbons (Fsp3) is 1.00. The van der Waals surface area contributed by atoms with Crippen LogP contribution >= 0.6 is 0 Å². The van der Waals surface area contributed by atoms with Gasteiger partial charge in [0.15, 0.2) is 5.79 Å². The van der Waals surface area contributed by atoms with E-state index in [9.17, 15) is 0 Å². The van der Waals surface area contributed by atoms with Crippen molar-refractivity contribution in [3.63, 3.8) is 0 Å². The van der Waals surface area contributed by atoms with E-state index in [0.717, 1.165) is 6.42 Å². The van der Waals surface area contributed by atoms with Crippen molar-refractivity contribution in [2.45, 2.75) is 57.4 Å². The molecule has 1 N–H and O–H groups in total. The molecule has 0 saturated carbocycles. The highest BCUT2D eigenvalue weighted by Gasteiger charge is 2.54. The molecule has 0 aliphatic carbocycles. The summed E-state index contributed by atoms with van der Waals surface area (Å²) in [5, 5.41) is 9.14. The summed E-state index contributed by atoms with van der Waals surface area (Å²) in [4.78, 5) is 0. The lowest BCUT2D eigenvalue weighted by atomic mass is 10.1. The van der Waals surface area contributed by atoms with Crippen LogP contribution in [0.2, 0.25) is 0 Å². The van der Waals surface area contributed by atoms with Crippen molar-refractivity contribution in [2.24, 2.45) is 0 Å². The maximum Gasteiger partial charge on any atom is 0.164 e. The fourth-order valence-corrected chi connectivity index (χ4v) is 2.25. The van der Waals surface area contributed by atoms with E-state index < -0.39 is 5.79 Å². The van der Waals surface area contributed by atoms with Crippen LogP contribution in [0.1, 0.15) is 27.2 Å². The Bertz CT molecular complexity index is 196. The highest BCUT2D eigenvalue weighted by molar-refractivity contribution is 4.97. The smallest absolute Gasteiger partial charge is 0.164 e. The lowest BCUT2D eigenvalue weighted by Gasteiger charge is -2.22. The Kier molecular flexibility index (Phi) is 2.55. The van der Waals surface area contributed by atoms with E-state index in [2.05, 4.69) is 6.92 Å². The highest BCUT2D eigenvalue weighted by atomic mass is 16.8. The SMILES string of the molecule is CC[C@@H]1O[C@H](CO)[C@H]2OC(C)(C)O[C@H]21. The number of fused-ring (bicyclic) bond motifs is 1. The molecule has 0 bridgehead atoms. The fourth-order valence-electron chi connectivity index (χ4n) is 2.25. The first kappa shape index (κ1) is 10.4. The van der Waals surface area contributed by atoms with Gasteiger partial charge in [-0.25, -0.2) is 0 Å². The zero-order chi connectivity index (χ0) is 10.3. The van der Waals surface area contributed by atoms with Crippen LogP contribution in [0, 0.1) is 0 Å². The molecule has 2 rings (SSSR count). The zero-order valence-electron chi connectivity index (χ0n) is 8.90. The normalized spacial score (nSPS) is 45.4. The Hall–Kier alpha value is -0.160. The van der Waals surface area contributed by atoms with Crippen molar-refractivity contribution in [1.82, 2.24) is 0 Å². The van der Waals surface area contributed by atoms with Crippen molar-refractivity contribution < 1.29 is 19.3 Å². The molecule has 4 nitrogen and oxygen atoms in total. The molecule has 2 heterocycles. The van der Waals surface area contributed by atoms with Gasteiger partial charge in [-0.2, -0.15) is 0 Å². The average molecular weight is 202 g/mol. The predicted octanol–water partition coefficient (Wildman–Crippen LogP) is 0.676. The molecule has 2 aliphatic heterocycles. The molecule has 0 aromatic rings. The molecule has 0 amide bonds. The lowest BCUT2D eigenvalue weighted by Crippen LogP contribution is -2.31. The summed E-state index contributed by atoms with van der Waals surface area (Å²) in [6.07, 6.45) is 0.578. The summed E-state index contributed by atoms with van der Waals surface area (Å²) in [5.74, 6) is -0.542. The van der Waals surface area contributed by atoms with Crippen LogP contribution in [0.5, 0.6) is 0 Å². The summed E-state index contributed by atoms with van der Waals surface area (Å²) < 4.78 is 17.1. The van der Waals surface area contributed by atoms with E-state index in [4.69, 9.17) is 19.3 Å². The molecule has 2 aliphatic rings. The first-order valence-electron chi connectivity index (χ1n) is 5.19. The average Bonchev–Trinajstić information content (AvgIpc) is 2.57. The van der Waals surface area contributed by atoms with E-state index in [1.165, 1.54) is 0 Å². The van der Waals surface area contributed by atoms with E-state index in [1.54, 1.807) is 0 Å². The van der Waals surface area contributed by atoms with Gasteiger partial charge < -0.3 is 19.3 Å². The Morgan fingerprint density at radius 2 is 1.71 bits per heavy atom. The number of rotatable bonds is 2. The molecule has 2 fully saturated rings. The van der Waals surface area contributed by atoms with Crippen LogP contribution < -0.4 is 0 Å². The third-order valence-electron chi connectivity index (χ3n) is 2.83. The third kappa shape index (κ3) is 1.56. The van der Waals surface area contributed by atoms with Gasteiger partial charge in [0.1, 0.15) is 18.3 Å². The maximum absolute atomic E-state index is 9.14. The summed E-state index contributed by atoms with van der Waals surface area (Å²) in [5.41, 5.74) is 0. The Morgan fingerprint density at radius 1 is 1.14 bits per heavy atom. The third-order valence-corrected chi connectivity index (χ3v) is 2.83. The van der Waals surface area contributed by atoms with Gasteiger partial charge in [-0.1, -0.05) is 6.92 Å². The monoisotopic (exact) mass is 202 g/mol. The molecular weight excluding hydrogens is 184 g/mol. The summed E-state index contributed by atoms with van der Waals surface area (Å²) in [6, 6.07) is 0. The molecule has 0 spiro atoms. The topological polar surface area (TPSA) is 47.9 Å². The maximum atomic E-state index is 9.14. The Labute approximate surface area is 84.1 Å². The van der Waals surface area contributed by atoms with Gasteiger partial charge in [0, 0.05) is 0 Å². The van der Waals surface area contributed by atoms with E-state index in [-0.39, 0.29) is 31.0 Å². The van der Waals surface area contributed by atoms with Crippen molar-refractivity contribution in [3.8, 4) is 0 Å². The van der Waals surface area contributed by atoms with Crippen molar-refractivity contribution in [1.29, 1.82) is 0 Å². The molecule has 14 heavy (non-hydrogen) atoms. The van der Waals surface area contributed by atoms with Crippen molar-refractivity contribution in [2.75, 3.05) is 6.61 Å². The minimum absolute atomic E-state index is 0.00287. The molecule has 82 valence electrons. The van der Waals surface area contributed by atoms with E-state index in [0.29, 0.717) is 0 Å². The first-order chi connectivity index (χ1) is 6.57. The Morgan fingerprint density at radius 3 is 2.21 bits per heavy atom. The minimum atomic E-state index is -0.542. The van der Waals surface area contributed by atoms with Crippen LogP contribution in [0.3, 0.4) is 0 Å². The molecule has 2 saturated heterocycles. The zero-order valence-corrected chi connectivity index (χ0v) is 8.90. The molecule has 0 unspecified atom stereocenters. The van der Waals surface area contributed by atoms with Gasteiger partial charge >= 0.3 is 0 Å². The second-order valence-electron chi connectivity index (χ2n) is 4.37. The van der Waals surface area contributed by atoms with Gasteiger partial charge in [-0.05, 0) is 20.3 Å². The number of ether oxygens (including phenoxy) is 3. The lowest BCUT2D eigenvalue weighted by molar-refractivity contribution is -0.190. The largest absolute Gasteiger partial charge is 0.394 e. The highest BCUT2D eigenvalue weighted by Crippen LogP contribution is 2.39. The molecule has 0 aromatic heterocycles. The quantitative estimate of drug-likeness (QED) is 0.715. The van der Waals surface area contributed by atoms with Crippen LogP contribution in [0.25, 0.3) is 0 Å². The van der Waals surface area contributed by atoms with Crippen LogP contribution in [0.4, 0.5) is 0 Å². The standard InChI is InChI=1S/C10H18O4/c1-4-6-8-9(7(5-11)12-6)14-10(2,3)13-8/h6-9,11H,4-5H2,1-3H3/t6-,7+,8-,9+/m0/s1. The molecule has 4 atom stereocenters. The second-order valence-corrected chi connectivity index (χ2v) is 4.37. The van der Waals surface area contributed by atoms with Gasteiger partial charge in [-0.3, -0.25) is 0 Å². The summed E-state index contributed by atoms with van der Waals surface area (Å²) >= 11 is 0. The van der Waals surface area contributed by atoms with Crippen LogP contribution in [0.15, 0.2) is 0 Å². The minimum Gasteiger partial charge on any atom is -0.394 e.